The van der Waals surface area contributed by atoms with Gasteiger partial charge in [0.05, 0.1) is 5.69 Å². The summed E-state index contributed by atoms with van der Waals surface area (Å²) in [5, 5.41) is 10.2. The molecule has 2 rings (SSSR count). The molecule has 1 atom stereocenters. The molecule has 0 radical (unpaired) electrons. The van der Waals surface area contributed by atoms with Gasteiger partial charge in [-0.1, -0.05) is 25.1 Å². The van der Waals surface area contributed by atoms with Crippen LogP contribution in [0.1, 0.15) is 24.8 Å². The van der Waals surface area contributed by atoms with Gasteiger partial charge in [-0.25, -0.2) is 0 Å². The van der Waals surface area contributed by atoms with Crippen molar-refractivity contribution in [2.75, 3.05) is 5.06 Å². The Balaban J connectivity index is 2.53. The second-order valence-corrected chi connectivity index (χ2v) is 3.37. The maximum atomic E-state index is 11.2. The van der Waals surface area contributed by atoms with Crippen LogP contribution in [-0.4, -0.2) is 11.1 Å². The first-order valence-corrected chi connectivity index (χ1v) is 4.31. The summed E-state index contributed by atoms with van der Waals surface area (Å²) in [6, 6.07) is 7.42. The molecule has 3 heteroatoms. The summed E-state index contributed by atoms with van der Waals surface area (Å²) in [6.45, 7) is 1.99. The predicted molar refractivity (Wildman–Crippen MR) is 48.7 cm³/mol. The molecule has 0 saturated carbocycles. The van der Waals surface area contributed by atoms with Crippen molar-refractivity contribution in [3.05, 3.63) is 29.8 Å². The molecular weight excluding hydrogens is 166 g/mol. The van der Waals surface area contributed by atoms with Gasteiger partial charge >= 0.3 is 0 Å². The van der Waals surface area contributed by atoms with E-state index in [4.69, 9.17) is 0 Å². The van der Waals surface area contributed by atoms with E-state index in [1.54, 1.807) is 6.07 Å². The topological polar surface area (TPSA) is 40.5 Å². The second-order valence-electron chi connectivity index (χ2n) is 3.37. The molecule has 0 aromatic heterocycles. The average molecular weight is 177 g/mol. The molecule has 1 N–H and O–H groups in total. The van der Waals surface area contributed by atoms with Crippen LogP contribution >= 0.6 is 0 Å². The van der Waals surface area contributed by atoms with Gasteiger partial charge in [-0.2, -0.15) is 5.06 Å². The van der Waals surface area contributed by atoms with E-state index in [9.17, 15) is 10.0 Å². The number of rotatable bonds is 0. The van der Waals surface area contributed by atoms with Gasteiger partial charge in [0, 0.05) is 6.42 Å². The lowest BCUT2D eigenvalue weighted by molar-refractivity contribution is -0.124. The maximum absolute atomic E-state index is 11.2. The maximum Gasteiger partial charge on any atom is 0.251 e. The molecule has 1 amide bonds. The molecule has 3 nitrogen and oxygen atoms in total. The largest absolute Gasteiger partial charge is 0.281 e. The van der Waals surface area contributed by atoms with Crippen molar-refractivity contribution in [2.45, 2.75) is 19.3 Å². The molecule has 0 saturated heterocycles. The van der Waals surface area contributed by atoms with Gasteiger partial charge < -0.3 is 0 Å². The van der Waals surface area contributed by atoms with E-state index >= 15 is 0 Å². The molecule has 0 spiro atoms. The van der Waals surface area contributed by atoms with E-state index < -0.39 is 0 Å². The van der Waals surface area contributed by atoms with Crippen LogP contribution < -0.4 is 5.06 Å². The van der Waals surface area contributed by atoms with Crippen LogP contribution in [0.5, 0.6) is 0 Å². The number of nitrogens with zero attached hydrogens (tertiary/aromatic N) is 1. The number of hydroxylamine groups is 1. The van der Waals surface area contributed by atoms with Gasteiger partial charge in [0.25, 0.3) is 5.91 Å². The van der Waals surface area contributed by atoms with Crippen LogP contribution in [0.25, 0.3) is 0 Å². The van der Waals surface area contributed by atoms with Crippen LogP contribution in [0, 0.1) is 0 Å². The number of carbonyl (C=O) groups excluding carboxylic acids is 1. The van der Waals surface area contributed by atoms with Crippen LogP contribution in [0.2, 0.25) is 0 Å². The molecule has 0 bridgehead atoms. The van der Waals surface area contributed by atoms with Crippen molar-refractivity contribution in [1.82, 2.24) is 0 Å². The lowest BCUT2D eigenvalue weighted by Crippen LogP contribution is -2.32. The summed E-state index contributed by atoms with van der Waals surface area (Å²) in [7, 11) is 0. The van der Waals surface area contributed by atoms with Crippen molar-refractivity contribution in [3.8, 4) is 0 Å². The lowest BCUT2D eigenvalue weighted by Gasteiger charge is -2.27. The quantitative estimate of drug-likeness (QED) is 0.615. The standard InChI is InChI=1S/C10H11NO2/c1-7-6-10(12)11(13)9-5-3-2-4-8(7)9/h2-5,7,13H,6H2,1H3. The summed E-state index contributed by atoms with van der Waals surface area (Å²) in [5.74, 6) is -0.0294. The first-order valence-electron chi connectivity index (χ1n) is 4.31. The first kappa shape index (κ1) is 8.26. The Kier molecular flexibility index (Phi) is 1.81. The van der Waals surface area contributed by atoms with E-state index in [2.05, 4.69) is 0 Å². The van der Waals surface area contributed by atoms with E-state index in [-0.39, 0.29) is 11.8 Å². The molecule has 13 heavy (non-hydrogen) atoms. The molecule has 68 valence electrons. The third kappa shape index (κ3) is 1.21. The number of fused-ring (bicyclic) bond motifs is 1. The highest BCUT2D eigenvalue weighted by Gasteiger charge is 2.27. The molecule has 1 aromatic carbocycles. The van der Waals surface area contributed by atoms with Gasteiger partial charge in [-0.05, 0) is 17.5 Å². The normalized spacial score (nSPS) is 21.5. The number of amides is 1. The monoisotopic (exact) mass is 177 g/mol. The van der Waals surface area contributed by atoms with E-state index in [0.717, 1.165) is 10.6 Å². The summed E-state index contributed by atoms with van der Waals surface area (Å²) in [4.78, 5) is 11.2. The molecule has 1 unspecified atom stereocenters. The number of para-hydroxylation sites is 1. The Morgan fingerprint density at radius 2 is 2.15 bits per heavy atom. The lowest BCUT2D eigenvalue weighted by atomic mass is 9.92. The summed E-state index contributed by atoms with van der Waals surface area (Å²) in [6.07, 6.45) is 0.382. The smallest absolute Gasteiger partial charge is 0.251 e. The SMILES string of the molecule is CC1CC(=O)N(O)c2ccccc21. The number of hydrogen-bond acceptors (Lipinski definition) is 2. The van der Waals surface area contributed by atoms with Gasteiger partial charge in [0.1, 0.15) is 0 Å². The van der Waals surface area contributed by atoms with Gasteiger partial charge in [-0.3, -0.25) is 10.0 Å². The zero-order valence-electron chi connectivity index (χ0n) is 7.40. The third-order valence-corrected chi connectivity index (χ3v) is 2.41. The Labute approximate surface area is 76.6 Å². The number of benzene rings is 1. The van der Waals surface area contributed by atoms with Crippen LogP contribution in [0.4, 0.5) is 5.69 Å². The highest BCUT2D eigenvalue weighted by molar-refractivity contribution is 5.94. The third-order valence-electron chi connectivity index (χ3n) is 2.41. The first-order chi connectivity index (χ1) is 6.20. The minimum absolute atomic E-state index is 0.201. The fourth-order valence-electron chi connectivity index (χ4n) is 1.69. The zero-order valence-corrected chi connectivity index (χ0v) is 7.40. The molecule has 1 aromatic rings. The van der Waals surface area contributed by atoms with E-state index in [0.29, 0.717) is 12.1 Å². The van der Waals surface area contributed by atoms with Crippen molar-refractivity contribution in [3.63, 3.8) is 0 Å². The van der Waals surface area contributed by atoms with Crippen LogP contribution in [0.3, 0.4) is 0 Å². The fraction of sp³-hybridized carbons (Fsp3) is 0.300. The Morgan fingerprint density at radius 3 is 2.92 bits per heavy atom. The van der Waals surface area contributed by atoms with Crippen molar-refractivity contribution in [2.24, 2.45) is 0 Å². The molecule has 1 aliphatic rings. The highest BCUT2D eigenvalue weighted by Crippen LogP contribution is 2.33. The van der Waals surface area contributed by atoms with Gasteiger partial charge in [-0.15, -0.1) is 0 Å². The minimum Gasteiger partial charge on any atom is -0.281 e. The highest BCUT2D eigenvalue weighted by atomic mass is 16.5. The molecule has 1 aliphatic heterocycles. The number of hydrogen-bond donors (Lipinski definition) is 1. The van der Waals surface area contributed by atoms with Crippen LogP contribution in [-0.2, 0) is 4.79 Å². The van der Waals surface area contributed by atoms with Crippen molar-refractivity contribution >= 4 is 11.6 Å². The zero-order chi connectivity index (χ0) is 9.42. The Hall–Kier alpha value is -1.35. The summed E-state index contributed by atoms with van der Waals surface area (Å²) in [5.41, 5.74) is 1.65. The number of carbonyl (C=O) groups is 1. The summed E-state index contributed by atoms with van der Waals surface area (Å²) >= 11 is 0. The number of anilines is 1. The fourth-order valence-corrected chi connectivity index (χ4v) is 1.69. The average Bonchev–Trinajstić information content (AvgIpc) is 2.15. The Bertz CT molecular complexity index is 349. The van der Waals surface area contributed by atoms with Crippen LogP contribution in [0.15, 0.2) is 24.3 Å². The van der Waals surface area contributed by atoms with E-state index in [1.807, 2.05) is 25.1 Å². The van der Waals surface area contributed by atoms with Gasteiger partial charge in [0.2, 0.25) is 0 Å². The minimum atomic E-state index is -0.230. The molecule has 1 heterocycles. The van der Waals surface area contributed by atoms with Gasteiger partial charge in [0.15, 0.2) is 0 Å². The summed E-state index contributed by atoms with van der Waals surface area (Å²) < 4.78 is 0. The second kappa shape index (κ2) is 2.85. The molecule has 0 aliphatic carbocycles. The van der Waals surface area contributed by atoms with E-state index in [1.165, 1.54) is 0 Å². The predicted octanol–water partition coefficient (Wildman–Crippen LogP) is 1.92. The van der Waals surface area contributed by atoms with Crippen molar-refractivity contribution < 1.29 is 10.0 Å². The molecular formula is C10H11NO2. The van der Waals surface area contributed by atoms with Crippen molar-refractivity contribution in [1.29, 1.82) is 0 Å². The molecule has 0 fully saturated rings. The Morgan fingerprint density at radius 1 is 1.46 bits per heavy atom.